The molecule has 1 heterocycles. The third kappa shape index (κ3) is 3.48. The van der Waals surface area contributed by atoms with E-state index in [2.05, 4.69) is 29.4 Å². The first-order valence-electron chi connectivity index (χ1n) is 5.68. The summed E-state index contributed by atoms with van der Waals surface area (Å²) in [5.41, 5.74) is 0. The van der Waals surface area contributed by atoms with Crippen molar-refractivity contribution in [3.63, 3.8) is 0 Å². The van der Waals surface area contributed by atoms with Crippen molar-refractivity contribution in [3.05, 3.63) is 0 Å². The van der Waals surface area contributed by atoms with Crippen LogP contribution in [0.3, 0.4) is 0 Å². The summed E-state index contributed by atoms with van der Waals surface area (Å²) >= 11 is 0. The van der Waals surface area contributed by atoms with Crippen LogP contribution in [0.1, 0.15) is 27.7 Å². The van der Waals surface area contributed by atoms with Crippen LogP contribution in [0.25, 0.3) is 0 Å². The summed E-state index contributed by atoms with van der Waals surface area (Å²) < 4.78 is 0. The maximum absolute atomic E-state index is 11.1. The first kappa shape index (κ1) is 13.0. The average molecular weight is 227 g/mol. The first-order chi connectivity index (χ1) is 7.40. The summed E-state index contributed by atoms with van der Waals surface area (Å²) in [6, 6.07) is 0.461. The van der Waals surface area contributed by atoms with E-state index in [4.69, 9.17) is 0 Å². The minimum Gasteiger partial charge on any atom is -0.350 e. The number of hydrogen-bond acceptors (Lipinski definition) is 3. The number of rotatable bonds is 3. The molecule has 2 N–H and O–H groups in total. The van der Waals surface area contributed by atoms with Crippen LogP contribution in [0.15, 0.2) is 0 Å². The molecule has 2 unspecified atom stereocenters. The van der Waals surface area contributed by atoms with E-state index < -0.39 is 0 Å². The zero-order chi connectivity index (χ0) is 12.3. The molecule has 0 saturated carbocycles. The Hall–Kier alpha value is -1.10. The highest BCUT2D eigenvalue weighted by Crippen LogP contribution is 2.13. The van der Waals surface area contributed by atoms with Crippen LogP contribution in [0.5, 0.6) is 0 Å². The Morgan fingerprint density at radius 1 is 1.06 bits per heavy atom. The number of amides is 2. The molecule has 0 spiro atoms. The Morgan fingerprint density at radius 3 is 1.69 bits per heavy atom. The molecule has 1 fully saturated rings. The molecular weight excluding hydrogens is 206 g/mol. The summed E-state index contributed by atoms with van der Waals surface area (Å²) in [5, 5.41) is 5.77. The summed E-state index contributed by atoms with van der Waals surface area (Å²) in [4.78, 5) is 24.4. The minimum absolute atomic E-state index is 0.0174. The fraction of sp³-hybridized carbons (Fsp3) is 0.818. The van der Waals surface area contributed by atoms with Crippen molar-refractivity contribution in [2.45, 2.75) is 45.8 Å². The van der Waals surface area contributed by atoms with Gasteiger partial charge in [0, 0.05) is 33.0 Å². The Bertz CT molecular complexity index is 254. The highest BCUT2D eigenvalue weighted by molar-refractivity contribution is 5.75. The molecule has 0 radical (unpaired) electrons. The number of nitrogens with one attached hydrogen (secondary N) is 2. The van der Waals surface area contributed by atoms with Gasteiger partial charge in [-0.05, 0) is 13.8 Å². The molecule has 1 aliphatic rings. The molecule has 16 heavy (non-hydrogen) atoms. The molecule has 5 nitrogen and oxygen atoms in total. The quantitative estimate of drug-likeness (QED) is 0.697. The van der Waals surface area contributed by atoms with Crippen LogP contribution in [-0.2, 0) is 9.59 Å². The molecule has 1 rings (SSSR count). The van der Waals surface area contributed by atoms with E-state index in [1.54, 1.807) is 0 Å². The number of carbonyl (C=O) groups excluding carboxylic acids is 2. The molecule has 0 aliphatic carbocycles. The lowest BCUT2D eigenvalue weighted by atomic mass is 10.1. The van der Waals surface area contributed by atoms with E-state index in [1.165, 1.54) is 13.8 Å². The molecular formula is C11H21N3O2. The Labute approximate surface area is 96.6 Å². The average Bonchev–Trinajstić information content (AvgIpc) is 2.46. The van der Waals surface area contributed by atoms with Crippen molar-refractivity contribution in [1.29, 1.82) is 0 Å². The van der Waals surface area contributed by atoms with E-state index in [1.807, 2.05) is 0 Å². The van der Waals surface area contributed by atoms with Gasteiger partial charge >= 0.3 is 0 Å². The van der Waals surface area contributed by atoms with Crippen molar-refractivity contribution in [3.8, 4) is 0 Å². The van der Waals surface area contributed by atoms with Gasteiger partial charge in [-0.2, -0.15) is 0 Å². The van der Waals surface area contributed by atoms with Gasteiger partial charge < -0.3 is 10.6 Å². The lowest BCUT2D eigenvalue weighted by Crippen LogP contribution is -2.49. The summed E-state index contributed by atoms with van der Waals surface area (Å²) in [6.45, 7) is 8.82. The molecule has 0 bridgehead atoms. The molecule has 0 aromatic rings. The molecule has 5 heteroatoms. The predicted molar refractivity (Wildman–Crippen MR) is 61.9 cm³/mol. The monoisotopic (exact) mass is 227 g/mol. The Kier molecular flexibility index (Phi) is 4.29. The van der Waals surface area contributed by atoms with Gasteiger partial charge in [0.05, 0.1) is 12.1 Å². The van der Waals surface area contributed by atoms with Crippen LogP contribution in [-0.4, -0.2) is 47.9 Å². The first-order valence-corrected chi connectivity index (χ1v) is 5.68. The molecule has 2 atom stereocenters. The van der Waals surface area contributed by atoms with Crippen LogP contribution in [0, 0.1) is 0 Å². The third-order valence-corrected chi connectivity index (χ3v) is 2.86. The summed E-state index contributed by atoms with van der Waals surface area (Å²) in [5.74, 6) is -0.100. The SMILES string of the molecule is CC(=O)NC1CN(C(C)C)CC1NC(C)=O. The fourth-order valence-electron chi connectivity index (χ4n) is 2.07. The maximum Gasteiger partial charge on any atom is 0.217 e. The largest absolute Gasteiger partial charge is 0.350 e. The topological polar surface area (TPSA) is 61.4 Å². The van der Waals surface area contributed by atoms with Gasteiger partial charge in [0.15, 0.2) is 0 Å². The van der Waals surface area contributed by atoms with Crippen molar-refractivity contribution >= 4 is 11.8 Å². The maximum atomic E-state index is 11.1. The number of nitrogens with zero attached hydrogens (tertiary/aromatic N) is 1. The van der Waals surface area contributed by atoms with Crippen LogP contribution < -0.4 is 10.6 Å². The van der Waals surface area contributed by atoms with Gasteiger partial charge in [0.25, 0.3) is 0 Å². The van der Waals surface area contributed by atoms with Crippen molar-refractivity contribution < 1.29 is 9.59 Å². The predicted octanol–water partition coefficient (Wildman–Crippen LogP) is -0.280. The zero-order valence-corrected chi connectivity index (χ0v) is 10.4. The molecule has 1 aliphatic heterocycles. The van der Waals surface area contributed by atoms with E-state index in [0.29, 0.717) is 6.04 Å². The normalized spacial score (nSPS) is 25.8. The van der Waals surface area contributed by atoms with E-state index in [9.17, 15) is 9.59 Å². The molecule has 2 amide bonds. The molecule has 0 aromatic carbocycles. The van der Waals surface area contributed by atoms with Gasteiger partial charge in [-0.15, -0.1) is 0 Å². The van der Waals surface area contributed by atoms with E-state index >= 15 is 0 Å². The van der Waals surface area contributed by atoms with Gasteiger partial charge in [0.1, 0.15) is 0 Å². The van der Waals surface area contributed by atoms with Gasteiger partial charge in [-0.3, -0.25) is 14.5 Å². The molecule has 1 saturated heterocycles. The highest BCUT2D eigenvalue weighted by atomic mass is 16.2. The molecule has 92 valence electrons. The van der Waals surface area contributed by atoms with E-state index in [0.717, 1.165) is 13.1 Å². The second-order valence-corrected chi connectivity index (χ2v) is 4.66. The van der Waals surface area contributed by atoms with E-state index in [-0.39, 0.29) is 23.9 Å². The van der Waals surface area contributed by atoms with Gasteiger partial charge in [-0.25, -0.2) is 0 Å². The minimum atomic E-state index is -0.0500. The smallest absolute Gasteiger partial charge is 0.217 e. The number of likely N-dealkylation sites (tertiary alicyclic amines) is 1. The summed E-state index contributed by atoms with van der Waals surface area (Å²) in [7, 11) is 0. The lowest BCUT2D eigenvalue weighted by molar-refractivity contribution is -0.122. The molecule has 0 aromatic heterocycles. The van der Waals surface area contributed by atoms with Crippen LogP contribution in [0.4, 0.5) is 0 Å². The highest BCUT2D eigenvalue weighted by Gasteiger charge is 2.34. The second kappa shape index (κ2) is 5.30. The summed E-state index contributed by atoms with van der Waals surface area (Å²) in [6.07, 6.45) is 0. The van der Waals surface area contributed by atoms with Crippen molar-refractivity contribution in [1.82, 2.24) is 15.5 Å². The van der Waals surface area contributed by atoms with Gasteiger partial charge in [-0.1, -0.05) is 0 Å². The second-order valence-electron chi connectivity index (χ2n) is 4.66. The zero-order valence-electron chi connectivity index (χ0n) is 10.4. The number of hydrogen-bond donors (Lipinski definition) is 2. The van der Waals surface area contributed by atoms with Gasteiger partial charge in [0.2, 0.25) is 11.8 Å². The fourth-order valence-corrected chi connectivity index (χ4v) is 2.07. The Balaban J connectivity index is 2.63. The Morgan fingerprint density at radius 2 is 1.44 bits per heavy atom. The van der Waals surface area contributed by atoms with Crippen molar-refractivity contribution in [2.75, 3.05) is 13.1 Å². The number of carbonyl (C=O) groups is 2. The lowest BCUT2D eigenvalue weighted by Gasteiger charge is -2.19. The third-order valence-electron chi connectivity index (χ3n) is 2.86. The standard InChI is InChI=1S/C11H21N3O2/c1-7(2)14-5-10(12-8(3)15)11(6-14)13-9(4)16/h7,10-11H,5-6H2,1-4H3,(H,12,15)(H,13,16). The van der Waals surface area contributed by atoms with Crippen LogP contribution in [0.2, 0.25) is 0 Å². The van der Waals surface area contributed by atoms with Crippen molar-refractivity contribution in [2.24, 2.45) is 0 Å². The van der Waals surface area contributed by atoms with Crippen LogP contribution >= 0.6 is 0 Å².